The standard InChI is InChI=1S/C11H22O2/c1-5-9-6-8(2)11(3,12)10(7-9)13-4/h8-10,12H,5-7H2,1-4H3/t8-,9+,10-,11?/m1/s1. The third-order valence-electron chi connectivity index (χ3n) is 3.75. The Morgan fingerprint density at radius 3 is 2.54 bits per heavy atom. The Labute approximate surface area is 81.3 Å². The molecule has 0 saturated heterocycles. The van der Waals surface area contributed by atoms with Crippen molar-refractivity contribution < 1.29 is 9.84 Å². The van der Waals surface area contributed by atoms with Crippen molar-refractivity contribution in [1.82, 2.24) is 0 Å². The second-order valence-corrected chi connectivity index (χ2v) is 4.60. The van der Waals surface area contributed by atoms with Crippen molar-refractivity contribution in [3.63, 3.8) is 0 Å². The quantitative estimate of drug-likeness (QED) is 0.716. The summed E-state index contributed by atoms with van der Waals surface area (Å²) in [5, 5.41) is 10.2. The largest absolute Gasteiger partial charge is 0.387 e. The van der Waals surface area contributed by atoms with Crippen LogP contribution in [-0.4, -0.2) is 23.9 Å². The van der Waals surface area contributed by atoms with Crippen LogP contribution in [0.5, 0.6) is 0 Å². The zero-order valence-electron chi connectivity index (χ0n) is 9.21. The van der Waals surface area contributed by atoms with Crippen molar-refractivity contribution >= 4 is 0 Å². The summed E-state index contributed by atoms with van der Waals surface area (Å²) < 4.78 is 5.36. The highest BCUT2D eigenvalue weighted by Gasteiger charge is 2.43. The maximum absolute atomic E-state index is 10.2. The second-order valence-electron chi connectivity index (χ2n) is 4.60. The van der Waals surface area contributed by atoms with E-state index >= 15 is 0 Å². The molecule has 13 heavy (non-hydrogen) atoms. The van der Waals surface area contributed by atoms with E-state index in [1.165, 1.54) is 6.42 Å². The van der Waals surface area contributed by atoms with E-state index in [-0.39, 0.29) is 6.10 Å². The maximum Gasteiger partial charge on any atom is 0.0905 e. The van der Waals surface area contributed by atoms with Crippen LogP contribution in [-0.2, 0) is 4.74 Å². The van der Waals surface area contributed by atoms with Gasteiger partial charge in [-0.05, 0) is 31.6 Å². The fourth-order valence-corrected chi connectivity index (χ4v) is 2.36. The van der Waals surface area contributed by atoms with Crippen molar-refractivity contribution in [2.24, 2.45) is 11.8 Å². The Morgan fingerprint density at radius 2 is 2.08 bits per heavy atom. The number of ether oxygens (including phenoxy) is 1. The highest BCUT2D eigenvalue weighted by Crippen LogP contribution is 2.39. The molecule has 0 radical (unpaired) electrons. The molecule has 1 fully saturated rings. The van der Waals surface area contributed by atoms with Crippen LogP contribution in [0.2, 0.25) is 0 Å². The molecule has 1 unspecified atom stereocenters. The summed E-state index contributed by atoms with van der Waals surface area (Å²) in [5.41, 5.74) is -0.638. The van der Waals surface area contributed by atoms with Crippen LogP contribution in [0.4, 0.5) is 0 Å². The lowest BCUT2D eigenvalue weighted by atomic mass is 9.70. The maximum atomic E-state index is 10.2. The van der Waals surface area contributed by atoms with E-state index in [0.717, 1.165) is 18.8 Å². The Morgan fingerprint density at radius 1 is 1.46 bits per heavy atom. The fourth-order valence-electron chi connectivity index (χ4n) is 2.36. The lowest BCUT2D eigenvalue weighted by Crippen LogP contribution is -2.51. The second kappa shape index (κ2) is 3.97. The van der Waals surface area contributed by atoms with Crippen molar-refractivity contribution in [2.75, 3.05) is 7.11 Å². The average Bonchev–Trinajstić information content (AvgIpc) is 2.09. The third kappa shape index (κ3) is 2.05. The molecular formula is C11H22O2. The first kappa shape index (κ1) is 11.0. The molecule has 2 nitrogen and oxygen atoms in total. The topological polar surface area (TPSA) is 29.5 Å². The Kier molecular flexibility index (Phi) is 3.36. The summed E-state index contributed by atoms with van der Waals surface area (Å²) >= 11 is 0. The van der Waals surface area contributed by atoms with Gasteiger partial charge >= 0.3 is 0 Å². The van der Waals surface area contributed by atoms with E-state index in [9.17, 15) is 5.11 Å². The van der Waals surface area contributed by atoms with Crippen LogP contribution in [0, 0.1) is 11.8 Å². The summed E-state index contributed by atoms with van der Waals surface area (Å²) in [7, 11) is 1.70. The van der Waals surface area contributed by atoms with Gasteiger partial charge in [0, 0.05) is 7.11 Å². The number of methoxy groups -OCH3 is 1. The summed E-state index contributed by atoms with van der Waals surface area (Å²) in [6.45, 7) is 6.23. The van der Waals surface area contributed by atoms with Crippen LogP contribution in [0.15, 0.2) is 0 Å². The molecule has 0 bridgehead atoms. The molecule has 0 heterocycles. The number of hydrogen-bond acceptors (Lipinski definition) is 2. The van der Waals surface area contributed by atoms with Gasteiger partial charge < -0.3 is 9.84 Å². The Hall–Kier alpha value is -0.0800. The van der Waals surface area contributed by atoms with Gasteiger partial charge in [-0.1, -0.05) is 20.3 Å². The van der Waals surface area contributed by atoms with Gasteiger partial charge in [0.2, 0.25) is 0 Å². The molecule has 4 atom stereocenters. The first-order chi connectivity index (χ1) is 6.02. The average molecular weight is 186 g/mol. The Balaban J connectivity index is 2.69. The number of rotatable bonds is 2. The molecule has 1 N–H and O–H groups in total. The van der Waals surface area contributed by atoms with Gasteiger partial charge in [-0.25, -0.2) is 0 Å². The van der Waals surface area contributed by atoms with Crippen LogP contribution in [0.1, 0.15) is 40.0 Å². The van der Waals surface area contributed by atoms with Crippen molar-refractivity contribution in [3.8, 4) is 0 Å². The molecule has 1 rings (SSSR count). The van der Waals surface area contributed by atoms with E-state index in [2.05, 4.69) is 13.8 Å². The first-order valence-corrected chi connectivity index (χ1v) is 5.27. The van der Waals surface area contributed by atoms with Gasteiger partial charge in [-0.2, -0.15) is 0 Å². The molecule has 78 valence electrons. The lowest BCUT2D eigenvalue weighted by molar-refractivity contribution is -0.145. The van der Waals surface area contributed by atoms with Gasteiger partial charge in [-0.15, -0.1) is 0 Å². The van der Waals surface area contributed by atoms with E-state index in [0.29, 0.717) is 5.92 Å². The molecule has 1 saturated carbocycles. The molecule has 0 aromatic carbocycles. The molecule has 1 aliphatic rings. The normalized spacial score (nSPS) is 46.4. The predicted octanol–water partition coefficient (Wildman–Crippen LogP) is 2.21. The van der Waals surface area contributed by atoms with Crippen LogP contribution in [0.25, 0.3) is 0 Å². The summed E-state index contributed by atoms with van der Waals surface area (Å²) in [4.78, 5) is 0. The van der Waals surface area contributed by atoms with Crippen molar-refractivity contribution in [3.05, 3.63) is 0 Å². The van der Waals surface area contributed by atoms with Gasteiger partial charge in [0.25, 0.3) is 0 Å². The monoisotopic (exact) mass is 186 g/mol. The van der Waals surface area contributed by atoms with Gasteiger partial charge in [-0.3, -0.25) is 0 Å². The molecule has 0 amide bonds. The molecule has 1 aliphatic carbocycles. The lowest BCUT2D eigenvalue weighted by Gasteiger charge is -2.44. The summed E-state index contributed by atoms with van der Waals surface area (Å²) in [6, 6.07) is 0. The van der Waals surface area contributed by atoms with Crippen LogP contribution in [0.3, 0.4) is 0 Å². The highest BCUT2D eigenvalue weighted by molar-refractivity contribution is 4.94. The van der Waals surface area contributed by atoms with Crippen molar-refractivity contribution in [2.45, 2.75) is 51.7 Å². The molecule has 0 aromatic rings. The van der Waals surface area contributed by atoms with Gasteiger partial charge in [0.15, 0.2) is 0 Å². The van der Waals surface area contributed by atoms with Gasteiger partial charge in [0.05, 0.1) is 11.7 Å². The predicted molar refractivity (Wildman–Crippen MR) is 53.6 cm³/mol. The molecule has 0 aromatic heterocycles. The van der Waals surface area contributed by atoms with Crippen LogP contribution >= 0.6 is 0 Å². The zero-order valence-corrected chi connectivity index (χ0v) is 9.21. The minimum atomic E-state index is -0.638. The number of hydrogen-bond donors (Lipinski definition) is 1. The molecular weight excluding hydrogens is 164 g/mol. The van der Waals surface area contributed by atoms with Crippen molar-refractivity contribution in [1.29, 1.82) is 0 Å². The summed E-state index contributed by atoms with van der Waals surface area (Å²) in [6.07, 6.45) is 3.34. The molecule has 0 aliphatic heterocycles. The minimum absolute atomic E-state index is 0.0150. The summed E-state index contributed by atoms with van der Waals surface area (Å²) in [5.74, 6) is 1.07. The first-order valence-electron chi connectivity index (χ1n) is 5.27. The highest BCUT2D eigenvalue weighted by atomic mass is 16.5. The molecule has 2 heteroatoms. The van der Waals surface area contributed by atoms with E-state index in [1.807, 2.05) is 6.92 Å². The zero-order chi connectivity index (χ0) is 10.1. The Bertz CT molecular complexity index is 165. The third-order valence-corrected chi connectivity index (χ3v) is 3.75. The van der Waals surface area contributed by atoms with E-state index in [4.69, 9.17) is 4.74 Å². The molecule has 0 spiro atoms. The van der Waals surface area contributed by atoms with E-state index in [1.54, 1.807) is 7.11 Å². The minimum Gasteiger partial charge on any atom is -0.387 e. The SMILES string of the molecule is CC[C@H]1C[C@@H](C)C(C)(O)[C@H](OC)C1. The number of aliphatic hydroxyl groups is 1. The van der Waals surface area contributed by atoms with Crippen LogP contribution < -0.4 is 0 Å². The van der Waals surface area contributed by atoms with E-state index < -0.39 is 5.60 Å². The fraction of sp³-hybridized carbons (Fsp3) is 1.00. The van der Waals surface area contributed by atoms with Gasteiger partial charge in [0.1, 0.15) is 0 Å². The smallest absolute Gasteiger partial charge is 0.0905 e.